The molecule has 2 rings (SSSR count). The lowest BCUT2D eigenvalue weighted by molar-refractivity contribution is 0.524. The summed E-state index contributed by atoms with van der Waals surface area (Å²) in [5, 5.41) is 12.3. The van der Waals surface area contributed by atoms with Crippen molar-refractivity contribution in [3.8, 4) is 0 Å². The molecule has 0 saturated carbocycles. The van der Waals surface area contributed by atoms with Crippen LogP contribution >= 0.6 is 11.5 Å². The quantitative estimate of drug-likeness (QED) is 0.843. The van der Waals surface area contributed by atoms with Gasteiger partial charge in [-0.15, -0.1) is 5.10 Å². The smallest absolute Gasteiger partial charge is 0.0801 e. The van der Waals surface area contributed by atoms with Crippen LogP contribution in [-0.2, 0) is 19.9 Å². The fourth-order valence-corrected chi connectivity index (χ4v) is 2.89. The molecule has 1 unspecified atom stereocenters. The van der Waals surface area contributed by atoms with E-state index in [1.165, 1.54) is 16.4 Å². The summed E-state index contributed by atoms with van der Waals surface area (Å²) < 4.78 is 5.94. The van der Waals surface area contributed by atoms with Crippen LogP contribution in [0.25, 0.3) is 0 Å². The van der Waals surface area contributed by atoms with Crippen LogP contribution in [-0.4, -0.2) is 25.9 Å². The predicted octanol–water partition coefficient (Wildman–Crippen LogP) is 2.12. The summed E-state index contributed by atoms with van der Waals surface area (Å²) in [5.74, 6) is 0. The van der Waals surface area contributed by atoms with Gasteiger partial charge in [0.15, 0.2) is 0 Å². The van der Waals surface area contributed by atoms with Crippen molar-refractivity contribution in [2.24, 2.45) is 7.05 Å². The minimum Gasteiger partial charge on any atom is -0.309 e. The van der Waals surface area contributed by atoms with Gasteiger partial charge in [0.2, 0.25) is 0 Å². The van der Waals surface area contributed by atoms with Gasteiger partial charge in [-0.1, -0.05) is 18.3 Å². The van der Waals surface area contributed by atoms with E-state index in [0.717, 1.165) is 37.2 Å². The summed E-state index contributed by atoms with van der Waals surface area (Å²) in [6.45, 7) is 5.30. The van der Waals surface area contributed by atoms with Gasteiger partial charge in [0.05, 0.1) is 22.3 Å². The van der Waals surface area contributed by atoms with E-state index in [2.05, 4.69) is 39.9 Å². The minimum absolute atomic E-state index is 0.268. The number of aromatic nitrogens is 4. The molecule has 6 heteroatoms. The van der Waals surface area contributed by atoms with Crippen LogP contribution in [0, 0.1) is 0 Å². The third kappa shape index (κ3) is 3.61. The number of hydrogen-bond donors (Lipinski definition) is 1. The second-order valence-corrected chi connectivity index (χ2v) is 5.41. The average molecular weight is 279 g/mol. The maximum Gasteiger partial charge on any atom is 0.0801 e. The molecule has 0 amide bonds. The summed E-state index contributed by atoms with van der Waals surface area (Å²) in [6, 6.07) is 2.34. The fourth-order valence-electron chi connectivity index (χ4n) is 2.08. The van der Waals surface area contributed by atoms with Crippen LogP contribution in [0.1, 0.15) is 42.6 Å². The first-order valence-electron chi connectivity index (χ1n) is 6.77. The zero-order chi connectivity index (χ0) is 13.7. The molecule has 0 saturated heterocycles. The van der Waals surface area contributed by atoms with Crippen molar-refractivity contribution in [1.82, 2.24) is 24.7 Å². The van der Waals surface area contributed by atoms with Gasteiger partial charge in [-0.3, -0.25) is 4.68 Å². The van der Waals surface area contributed by atoms with Gasteiger partial charge in [-0.05, 0) is 37.0 Å². The molecule has 0 spiro atoms. The molecular formula is C13H21N5S. The fraction of sp³-hybridized carbons (Fsp3) is 0.615. The Balaban J connectivity index is 2.15. The van der Waals surface area contributed by atoms with Gasteiger partial charge >= 0.3 is 0 Å². The highest BCUT2D eigenvalue weighted by Gasteiger charge is 2.19. The van der Waals surface area contributed by atoms with Crippen LogP contribution < -0.4 is 5.32 Å². The Morgan fingerprint density at radius 3 is 2.89 bits per heavy atom. The van der Waals surface area contributed by atoms with Crippen LogP contribution in [0.4, 0.5) is 0 Å². The number of aryl methyl sites for hydroxylation is 2. The van der Waals surface area contributed by atoms with E-state index in [1.54, 1.807) is 0 Å². The SMILES string of the molecule is CCCNC(Cc1ccn(C)n1)c1snnc1CC. The third-order valence-corrected chi connectivity index (χ3v) is 3.94. The molecule has 2 aromatic heterocycles. The van der Waals surface area contributed by atoms with E-state index < -0.39 is 0 Å². The lowest BCUT2D eigenvalue weighted by Crippen LogP contribution is -2.24. The molecule has 0 aliphatic rings. The summed E-state index contributed by atoms with van der Waals surface area (Å²) in [6.07, 6.45) is 4.92. The van der Waals surface area contributed by atoms with E-state index in [0.29, 0.717) is 0 Å². The normalized spacial score (nSPS) is 12.8. The molecule has 0 aliphatic carbocycles. The van der Waals surface area contributed by atoms with Crippen LogP contribution in [0.2, 0.25) is 0 Å². The molecule has 2 heterocycles. The van der Waals surface area contributed by atoms with Crippen LogP contribution in [0.3, 0.4) is 0 Å². The van der Waals surface area contributed by atoms with Crippen molar-refractivity contribution in [3.63, 3.8) is 0 Å². The molecule has 1 atom stereocenters. The maximum atomic E-state index is 4.46. The minimum atomic E-state index is 0.268. The molecule has 0 radical (unpaired) electrons. The molecule has 5 nitrogen and oxygen atoms in total. The lowest BCUT2D eigenvalue weighted by Gasteiger charge is -2.16. The van der Waals surface area contributed by atoms with E-state index in [-0.39, 0.29) is 6.04 Å². The van der Waals surface area contributed by atoms with E-state index >= 15 is 0 Å². The van der Waals surface area contributed by atoms with Crippen molar-refractivity contribution < 1.29 is 0 Å². The first-order valence-corrected chi connectivity index (χ1v) is 7.55. The Morgan fingerprint density at radius 2 is 2.26 bits per heavy atom. The van der Waals surface area contributed by atoms with Gasteiger partial charge in [0, 0.05) is 19.7 Å². The second kappa shape index (κ2) is 6.77. The molecular weight excluding hydrogens is 258 g/mol. The second-order valence-electron chi connectivity index (χ2n) is 4.63. The van der Waals surface area contributed by atoms with Gasteiger partial charge in [0.25, 0.3) is 0 Å². The number of rotatable bonds is 7. The van der Waals surface area contributed by atoms with Crippen LogP contribution in [0.5, 0.6) is 0 Å². The highest BCUT2D eigenvalue weighted by Crippen LogP contribution is 2.24. The number of nitrogens with one attached hydrogen (secondary N) is 1. The van der Waals surface area contributed by atoms with Gasteiger partial charge in [-0.2, -0.15) is 5.10 Å². The molecule has 0 bridgehead atoms. The molecule has 104 valence electrons. The number of hydrogen-bond acceptors (Lipinski definition) is 5. The first-order chi connectivity index (χ1) is 9.24. The molecule has 0 aliphatic heterocycles. The van der Waals surface area contributed by atoms with Crippen molar-refractivity contribution >= 4 is 11.5 Å². The van der Waals surface area contributed by atoms with E-state index in [1.807, 2.05) is 17.9 Å². The predicted molar refractivity (Wildman–Crippen MR) is 77.2 cm³/mol. The van der Waals surface area contributed by atoms with Gasteiger partial charge < -0.3 is 5.32 Å². The highest BCUT2D eigenvalue weighted by atomic mass is 32.1. The van der Waals surface area contributed by atoms with E-state index in [4.69, 9.17) is 0 Å². The summed E-state index contributed by atoms with van der Waals surface area (Å²) in [4.78, 5) is 1.25. The topological polar surface area (TPSA) is 55.6 Å². The standard InChI is InChI=1S/C13H21N5S/c1-4-7-14-12(9-10-6-8-18(3)16-10)13-11(5-2)15-17-19-13/h6,8,12,14H,4-5,7,9H2,1-3H3. The molecule has 19 heavy (non-hydrogen) atoms. The Morgan fingerprint density at radius 1 is 1.42 bits per heavy atom. The molecule has 1 N–H and O–H groups in total. The Labute approximate surface area is 118 Å². The van der Waals surface area contributed by atoms with Crippen molar-refractivity contribution in [2.45, 2.75) is 39.2 Å². The van der Waals surface area contributed by atoms with Gasteiger partial charge in [-0.25, -0.2) is 0 Å². The van der Waals surface area contributed by atoms with E-state index in [9.17, 15) is 0 Å². The monoisotopic (exact) mass is 279 g/mol. The van der Waals surface area contributed by atoms with Crippen molar-refractivity contribution in [3.05, 3.63) is 28.5 Å². The van der Waals surface area contributed by atoms with Crippen LogP contribution in [0.15, 0.2) is 12.3 Å². The average Bonchev–Trinajstić information content (AvgIpc) is 3.03. The maximum absolute atomic E-state index is 4.46. The van der Waals surface area contributed by atoms with Crippen molar-refractivity contribution in [2.75, 3.05) is 6.54 Å². The Kier molecular flexibility index (Phi) is 5.04. The first kappa shape index (κ1) is 14.1. The molecule has 0 aromatic carbocycles. The molecule has 2 aromatic rings. The Bertz CT molecular complexity index is 505. The molecule has 0 fully saturated rings. The highest BCUT2D eigenvalue weighted by molar-refractivity contribution is 7.05. The summed E-state index contributed by atoms with van der Waals surface area (Å²) in [5.41, 5.74) is 2.21. The van der Waals surface area contributed by atoms with Gasteiger partial charge in [0.1, 0.15) is 0 Å². The number of nitrogens with zero attached hydrogens (tertiary/aromatic N) is 4. The lowest BCUT2D eigenvalue weighted by atomic mass is 10.1. The zero-order valence-electron chi connectivity index (χ0n) is 11.8. The largest absolute Gasteiger partial charge is 0.309 e. The zero-order valence-corrected chi connectivity index (χ0v) is 12.6. The Hall–Kier alpha value is -1.27. The summed E-state index contributed by atoms with van der Waals surface area (Å²) in [7, 11) is 1.95. The summed E-state index contributed by atoms with van der Waals surface area (Å²) >= 11 is 1.50. The van der Waals surface area contributed by atoms with Crippen molar-refractivity contribution in [1.29, 1.82) is 0 Å². The third-order valence-electron chi connectivity index (χ3n) is 3.06.